The van der Waals surface area contributed by atoms with E-state index in [4.69, 9.17) is 4.74 Å². The first-order valence-corrected chi connectivity index (χ1v) is 20.9. The Hall–Kier alpha value is -1.77. The first kappa shape index (κ1) is 39.9. The van der Waals surface area contributed by atoms with Crippen LogP contribution in [0, 0.1) is 62.1 Å². The standard InChI is InChI=1S/C44H72N2O6/c1-27(2)36-30(47)23-44(33(48)26-46(22-21-45-10)25-28-11-12-28)20-19-42(8)29(37(36)44)13-14-32-41(7)17-16-34(52-35(49)24-39(3,4)38(50)51)40(5,6)31(41)15-18-43(32,42)9/h27-29,31-34,45,48H,11-26H2,1-10H3,(H,50,51)/t29-,31-,32-,33+,34+,41+,42-,43-,44+/m1/s1. The Morgan fingerprint density at radius 3 is 2.25 bits per heavy atom. The molecule has 0 saturated heterocycles. The third-order valence-electron chi connectivity index (χ3n) is 16.8. The number of nitrogens with zero attached hydrogens (tertiary/aromatic N) is 1. The molecule has 6 aliphatic rings. The van der Waals surface area contributed by atoms with Crippen LogP contribution in [0.5, 0.6) is 0 Å². The van der Waals surface area contributed by atoms with E-state index in [2.05, 4.69) is 58.7 Å². The average Bonchev–Trinajstić information content (AvgIpc) is 3.80. The second-order valence-electron chi connectivity index (χ2n) is 20.9. The zero-order valence-electron chi connectivity index (χ0n) is 34.3. The Kier molecular flexibility index (Phi) is 10.6. The lowest BCUT2D eigenvalue weighted by atomic mass is 9.33. The van der Waals surface area contributed by atoms with E-state index < -0.39 is 28.9 Å². The highest BCUT2D eigenvalue weighted by molar-refractivity contribution is 6.00. The Morgan fingerprint density at radius 2 is 1.63 bits per heavy atom. The van der Waals surface area contributed by atoms with Crippen molar-refractivity contribution in [2.45, 2.75) is 152 Å². The number of carboxylic acid groups (broad SMARTS) is 1. The molecule has 0 bridgehead atoms. The van der Waals surface area contributed by atoms with Crippen LogP contribution in [0.2, 0.25) is 0 Å². The van der Waals surface area contributed by atoms with Gasteiger partial charge in [-0.2, -0.15) is 0 Å². The monoisotopic (exact) mass is 725 g/mol. The third-order valence-corrected chi connectivity index (χ3v) is 16.8. The summed E-state index contributed by atoms with van der Waals surface area (Å²) in [5.74, 6) is 0.956. The highest BCUT2D eigenvalue weighted by atomic mass is 16.5. The minimum atomic E-state index is -1.16. The molecule has 0 unspecified atom stereocenters. The van der Waals surface area contributed by atoms with Gasteiger partial charge >= 0.3 is 11.9 Å². The summed E-state index contributed by atoms with van der Waals surface area (Å²) in [6, 6.07) is 0. The Morgan fingerprint density at radius 1 is 0.942 bits per heavy atom. The molecule has 0 heterocycles. The molecule has 5 saturated carbocycles. The number of ketones is 1. The Labute approximate surface area is 314 Å². The summed E-state index contributed by atoms with van der Waals surface area (Å²) in [5.41, 5.74) is 0.710. The molecule has 5 fully saturated rings. The van der Waals surface area contributed by atoms with Gasteiger partial charge in [-0.15, -0.1) is 0 Å². The van der Waals surface area contributed by atoms with Gasteiger partial charge in [-0.05, 0) is 137 Å². The highest BCUT2D eigenvalue weighted by Gasteiger charge is 2.71. The Bertz CT molecular complexity index is 1450. The van der Waals surface area contributed by atoms with Crippen molar-refractivity contribution in [2.24, 2.45) is 62.1 Å². The predicted octanol–water partition coefficient (Wildman–Crippen LogP) is 7.67. The molecule has 9 atom stereocenters. The summed E-state index contributed by atoms with van der Waals surface area (Å²) in [6.45, 7) is 23.3. The van der Waals surface area contributed by atoms with Gasteiger partial charge in [-0.25, -0.2) is 0 Å². The lowest BCUT2D eigenvalue weighted by Crippen LogP contribution is -2.66. The van der Waals surface area contributed by atoms with Gasteiger partial charge in [0.05, 0.1) is 17.9 Å². The lowest BCUT2D eigenvalue weighted by Gasteiger charge is -2.72. The average molecular weight is 725 g/mol. The number of carbonyl (C=O) groups excluding carboxylic acids is 2. The summed E-state index contributed by atoms with van der Waals surface area (Å²) >= 11 is 0. The zero-order chi connectivity index (χ0) is 38.2. The maximum absolute atomic E-state index is 14.1. The first-order valence-electron chi connectivity index (χ1n) is 20.9. The fourth-order valence-electron chi connectivity index (χ4n) is 13.5. The molecule has 0 aliphatic heterocycles. The van der Waals surface area contributed by atoms with Crippen LogP contribution in [0.3, 0.4) is 0 Å². The minimum Gasteiger partial charge on any atom is -0.481 e. The second kappa shape index (κ2) is 13.8. The smallest absolute Gasteiger partial charge is 0.309 e. The van der Waals surface area contributed by atoms with Crippen LogP contribution in [0.1, 0.15) is 139 Å². The van der Waals surface area contributed by atoms with E-state index in [1.54, 1.807) is 13.8 Å². The van der Waals surface area contributed by atoms with Crippen LogP contribution in [0.25, 0.3) is 0 Å². The van der Waals surface area contributed by atoms with Crippen molar-refractivity contribution in [3.63, 3.8) is 0 Å². The summed E-state index contributed by atoms with van der Waals surface area (Å²) < 4.78 is 6.18. The number of allylic oxidation sites excluding steroid dienone is 1. The largest absolute Gasteiger partial charge is 0.481 e. The fraction of sp³-hybridized carbons (Fsp3) is 0.886. The number of carboxylic acids is 1. The van der Waals surface area contributed by atoms with E-state index >= 15 is 0 Å². The number of hydrogen-bond donors (Lipinski definition) is 3. The predicted molar refractivity (Wildman–Crippen MR) is 204 cm³/mol. The van der Waals surface area contributed by atoms with Crippen molar-refractivity contribution in [3.8, 4) is 0 Å². The van der Waals surface area contributed by atoms with Gasteiger partial charge in [0.25, 0.3) is 0 Å². The number of aliphatic hydroxyl groups excluding tert-OH is 1. The molecule has 0 radical (unpaired) electrons. The topological polar surface area (TPSA) is 116 Å². The number of rotatable bonds is 13. The fourth-order valence-corrected chi connectivity index (χ4v) is 13.5. The van der Waals surface area contributed by atoms with Crippen LogP contribution >= 0.6 is 0 Å². The van der Waals surface area contributed by atoms with Crippen LogP contribution in [0.15, 0.2) is 11.1 Å². The molecule has 0 aromatic carbocycles. The molecule has 8 heteroatoms. The number of hydrogen-bond acceptors (Lipinski definition) is 7. The van der Waals surface area contributed by atoms with Crippen molar-refractivity contribution in [3.05, 3.63) is 11.1 Å². The van der Waals surface area contributed by atoms with Crippen LogP contribution in [-0.2, 0) is 19.1 Å². The molecular weight excluding hydrogens is 652 g/mol. The van der Waals surface area contributed by atoms with Crippen molar-refractivity contribution in [1.82, 2.24) is 10.2 Å². The van der Waals surface area contributed by atoms with Gasteiger partial charge in [0.15, 0.2) is 5.78 Å². The maximum Gasteiger partial charge on any atom is 0.309 e. The van der Waals surface area contributed by atoms with E-state index in [1.807, 2.05) is 7.05 Å². The number of fused-ring (bicyclic) bond motifs is 7. The molecule has 6 aliphatic carbocycles. The molecule has 8 nitrogen and oxygen atoms in total. The van der Waals surface area contributed by atoms with Crippen LogP contribution in [0.4, 0.5) is 0 Å². The van der Waals surface area contributed by atoms with Gasteiger partial charge in [-0.3, -0.25) is 19.3 Å². The number of aliphatic carboxylic acids is 1. The molecule has 0 spiro atoms. The zero-order valence-corrected chi connectivity index (χ0v) is 34.3. The molecule has 6 rings (SSSR count). The summed E-state index contributed by atoms with van der Waals surface area (Å²) in [6.07, 6.45) is 10.2. The third kappa shape index (κ3) is 6.34. The highest BCUT2D eigenvalue weighted by Crippen LogP contribution is 2.77. The second-order valence-corrected chi connectivity index (χ2v) is 20.9. The first-order chi connectivity index (χ1) is 24.2. The number of nitrogens with one attached hydrogen (secondary N) is 1. The van der Waals surface area contributed by atoms with Gasteiger partial charge in [0, 0.05) is 43.4 Å². The number of ether oxygens (including phenoxy) is 1. The van der Waals surface area contributed by atoms with E-state index in [0.29, 0.717) is 30.7 Å². The van der Waals surface area contributed by atoms with Gasteiger partial charge in [-0.1, -0.05) is 54.0 Å². The summed E-state index contributed by atoms with van der Waals surface area (Å²) in [4.78, 5) is 41.5. The number of likely N-dealkylation sites (N-methyl/N-ethyl adjacent to an activating group) is 1. The number of Topliss-reactive ketones (excluding diaryl/α,β-unsaturated/α-hetero) is 1. The van der Waals surface area contributed by atoms with Gasteiger partial charge in [0.1, 0.15) is 6.10 Å². The minimum absolute atomic E-state index is 0.0168. The van der Waals surface area contributed by atoms with Crippen molar-refractivity contribution in [2.75, 3.05) is 33.2 Å². The van der Waals surface area contributed by atoms with Gasteiger partial charge < -0.3 is 20.3 Å². The molecule has 294 valence electrons. The molecule has 0 amide bonds. The van der Waals surface area contributed by atoms with Crippen molar-refractivity contribution in [1.29, 1.82) is 0 Å². The van der Waals surface area contributed by atoms with E-state index in [0.717, 1.165) is 82.5 Å². The maximum atomic E-state index is 14.1. The van der Waals surface area contributed by atoms with Crippen molar-refractivity contribution >= 4 is 17.7 Å². The molecular formula is C44H72N2O6. The van der Waals surface area contributed by atoms with Crippen LogP contribution < -0.4 is 5.32 Å². The van der Waals surface area contributed by atoms with Crippen LogP contribution in [-0.4, -0.2) is 78.3 Å². The Balaban J connectivity index is 1.28. The lowest BCUT2D eigenvalue weighted by molar-refractivity contribution is -0.235. The number of esters is 1. The number of carbonyl (C=O) groups is 3. The van der Waals surface area contributed by atoms with E-state index in [-0.39, 0.29) is 45.9 Å². The molecule has 0 aromatic heterocycles. The van der Waals surface area contributed by atoms with Gasteiger partial charge in [0.2, 0.25) is 0 Å². The summed E-state index contributed by atoms with van der Waals surface area (Å²) in [7, 11) is 2.00. The molecule has 0 aromatic rings. The quantitative estimate of drug-likeness (QED) is 0.166. The molecule has 3 N–H and O–H groups in total. The normalized spacial score (nSPS) is 39.1. The SMILES string of the molecule is CNCCN(CC1CC1)C[C@H](O)[C@@]12CC[C@]3(C)[C@H](CC[C@@H]4[C@@]5(C)CC[C@H](OC(=O)CC(C)(C)C(=O)O)C(C)(C)[C@H]5CC[C@]43C)C1=C(C(C)C)C(=O)C2. The number of aliphatic hydroxyl groups is 1. The van der Waals surface area contributed by atoms with E-state index in [9.17, 15) is 24.6 Å². The van der Waals surface area contributed by atoms with E-state index in [1.165, 1.54) is 18.4 Å². The molecule has 52 heavy (non-hydrogen) atoms. The summed E-state index contributed by atoms with van der Waals surface area (Å²) in [5, 5.41) is 25.4. The van der Waals surface area contributed by atoms with Crippen molar-refractivity contribution < 1.29 is 29.3 Å².